The Hall–Kier alpha value is -0.610. The van der Waals surface area contributed by atoms with Crippen molar-refractivity contribution in [3.63, 3.8) is 0 Å². The van der Waals surface area contributed by atoms with Crippen LogP contribution in [-0.2, 0) is 14.3 Å². The molecule has 0 saturated carbocycles. The van der Waals surface area contributed by atoms with Crippen LogP contribution in [0.1, 0.15) is 13.3 Å². The van der Waals surface area contributed by atoms with Crippen molar-refractivity contribution in [2.24, 2.45) is 5.16 Å². The number of oxime groups is 1. The lowest BCUT2D eigenvalue weighted by atomic mass is 10.2. The van der Waals surface area contributed by atoms with E-state index >= 15 is 0 Å². The van der Waals surface area contributed by atoms with E-state index in [2.05, 4.69) is 5.16 Å². The van der Waals surface area contributed by atoms with Gasteiger partial charge in [0.2, 0.25) is 0 Å². The van der Waals surface area contributed by atoms with Crippen LogP contribution in [0.4, 0.5) is 0 Å². The highest BCUT2D eigenvalue weighted by atomic mass is 16.7. The summed E-state index contributed by atoms with van der Waals surface area (Å²) in [4.78, 5) is 5.05. The fourth-order valence-corrected chi connectivity index (χ4v) is 1.07. The SMILES string of the molecule is COC(OC)[C@H]1CC(C)=NO1. The summed E-state index contributed by atoms with van der Waals surface area (Å²) in [6, 6.07) is 0. The van der Waals surface area contributed by atoms with Gasteiger partial charge in [-0.25, -0.2) is 0 Å². The average molecular weight is 159 g/mol. The van der Waals surface area contributed by atoms with E-state index in [1.54, 1.807) is 14.2 Å². The number of ether oxygens (including phenoxy) is 2. The zero-order chi connectivity index (χ0) is 8.27. The molecule has 0 saturated heterocycles. The Labute approximate surface area is 66.1 Å². The van der Waals surface area contributed by atoms with E-state index < -0.39 is 0 Å². The molecule has 0 fully saturated rings. The van der Waals surface area contributed by atoms with E-state index in [0.717, 1.165) is 12.1 Å². The van der Waals surface area contributed by atoms with Gasteiger partial charge >= 0.3 is 0 Å². The van der Waals surface area contributed by atoms with E-state index in [9.17, 15) is 0 Å². The molecule has 0 spiro atoms. The summed E-state index contributed by atoms with van der Waals surface area (Å²) in [7, 11) is 3.18. The first kappa shape index (κ1) is 8.49. The first-order chi connectivity index (χ1) is 5.27. The molecule has 1 heterocycles. The molecule has 1 atom stereocenters. The van der Waals surface area contributed by atoms with Crippen LogP contribution in [0.3, 0.4) is 0 Å². The molecule has 0 bridgehead atoms. The first-order valence-corrected chi connectivity index (χ1v) is 3.52. The summed E-state index contributed by atoms with van der Waals surface area (Å²) in [5, 5.41) is 3.79. The Morgan fingerprint density at radius 2 is 2.18 bits per heavy atom. The van der Waals surface area contributed by atoms with Gasteiger partial charge in [-0.2, -0.15) is 0 Å². The normalized spacial score (nSPS) is 23.6. The Morgan fingerprint density at radius 1 is 1.55 bits per heavy atom. The molecule has 0 aliphatic carbocycles. The topological polar surface area (TPSA) is 40.0 Å². The molecule has 4 nitrogen and oxygen atoms in total. The van der Waals surface area contributed by atoms with Gasteiger partial charge < -0.3 is 14.3 Å². The quantitative estimate of drug-likeness (QED) is 0.571. The van der Waals surface area contributed by atoms with Gasteiger partial charge in [0.25, 0.3) is 0 Å². The molecule has 0 N–H and O–H groups in total. The molecule has 64 valence electrons. The lowest BCUT2D eigenvalue weighted by molar-refractivity contribution is -0.172. The minimum absolute atomic E-state index is 0.0787. The molecule has 0 aromatic carbocycles. The van der Waals surface area contributed by atoms with Crippen molar-refractivity contribution in [2.75, 3.05) is 14.2 Å². The largest absolute Gasteiger partial charge is 0.387 e. The van der Waals surface area contributed by atoms with Crippen molar-refractivity contribution in [1.29, 1.82) is 0 Å². The van der Waals surface area contributed by atoms with Gasteiger partial charge in [-0.15, -0.1) is 0 Å². The number of methoxy groups -OCH3 is 2. The summed E-state index contributed by atoms with van der Waals surface area (Å²) in [5.74, 6) is 0. The van der Waals surface area contributed by atoms with Crippen LogP contribution in [0.2, 0.25) is 0 Å². The van der Waals surface area contributed by atoms with Gasteiger partial charge in [0.15, 0.2) is 12.4 Å². The van der Waals surface area contributed by atoms with Crippen molar-refractivity contribution in [2.45, 2.75) is 25.7 Å². The molecule has 0 unspecified atom stereocenters. The Morgan fingerprint density at radius 3 is 2.55 bits per heavy atom. The van der Waals surface area contributed by atoms with Crippen molar-refractivity contribution in [1.82, 2.24) is 0 Å². The van der Waals surface area contributed by atoms with E-state index in [1.165, 1.54) is 0 Å². The van der Waals surface area contributed by atoms with Gasteiger partial charge in [-0.1, -0.05) is 5.16 Å². The molecule has 1 aliphatic heterocycles. The van der Waals surface area contributed by atoms with Crippen LogP contribution < -0.4 is 0 Å². The molecule has 1 rings (SSSR count). The first-order valence-electron chi connectivity index (χ1n) is 3.52. The Bertz CT molecular complexity index is 154. The lowest BCUT2D eigenvalue weighted by Crippen LogP contribution is -2.29. The number of hydrogen-bond donors (Lipinski definition) is 0. The minimum atomic E-state index is -0.309. The molecule has 4 heteroatoms. The third-order valence-corrected chi connectivity index (χ3v) is 1.61. The Balaban J connectivity index is 2.38. The molecular weight excluding hydrogens is 146 g/mol. The summed E-state index contributed by atoms with van der Waals surface area (Å²) >= 11 is 0. The average Bonchev–Trinajstić information content (AvgIpc) is 2.39. The van der Waals surface area contributed by atoms with Crippen LogP contribution in [-0.4, -0.2) is 32.3 Å². The molecular formula is C7H13NO3. The zero-order valence-corrected chi connectivity index (χ0v) is 7.03. The smallest absolute Gasteiger partial charge is 0.197 e. The van der Waals surface area contributed by atoms with Crippen molar-refractivity contribution in [3.05, 3.63) is 0 Å². The van der Waals surface area contributed by atoms with Crippen LogP contribution >= 0.6 is 0 Å². The predicted octanol–water partition coefficient (Wildman–Crippen LogP) is 0.770. The second-order valence-corrected chi connectivity index (χ2v) is 2.51. The maximum absolute atomic E-state index is 5.05. The van der Waals surface area contributed by atoms with Gasteiger partial charge in [0, 0.05) is 20.6 Å². The lowest BCUT2D eigenvalue weighted by Gasteiger charge is -2.17. The standard InChI is InChI=1S/C7H13NO3/c1-5-4-6(11-8-5)7(9-2)10-3/h6-7H,4H2,1-3H3/t6-/m1/s1. The van der Waals surface area contributed by atoms with Crippen molar-refractivity contribution < 1.29 is 14.3 Å². The van der Waals surface area contributed by atoms with E-state index in [-0.39, 0.29) is 12.4 Å². The second-order valence-electron chi connectivity index (χ2n) is 2.51. The van der Waals surface area contributed by atoms with E-state index in [1.807, 2.05) is 6.92 Å². The molecule has 0 amide bonds. The number of rotatable bonds is 3. The van der Waals surface area contributed by atoms with Gasteiger partial charge in [0.1, 0.15) is 0 Å². The molecule has 1 aliphatic rings. The van der Waals surface area contributed by atoms with Crippen LogP contribution in [0, 0.1) is 0 Å². The summed E-state index contributed by atoms with van der Waals surface area (Å²) < 4.78 is 10.0. The highest BCUT2D eigenvalue weighted by Gasteiger charge is 2.27. The predicted molar refractivity (Wildman–Crippen MR) is 40.4 cm³/mol. The van der Waals surface area contributed by atoms with Gasteiger partial charge in [-0.05, 0) is 6.92 Å². The zero-order valence-electron chi connectivity index (χ0n) is 7.03. The van der Waals surface area contributed by atoms with Gasteiger partial charge in [-0.3, -0.25) is 0 Å². The third kappa shape index (κ3) is 1.91. The second kappa shape index (κ2) is 3.69. The van der Waals surface area contributed by atoms with E-state index in [0.29, 0.717) is 0 Å². The van der Waals surface area contributed by atoms with Gasteiger partial charge in [0.05, 0.1) is 5.71 Å². The molecule has 11 heavy (non-hydrogen) atoms. The number of hydrogen-bond acceptors (Lipinski definition) is 4. The molecule has 0 aromatic rings. The fourth-order valence-electron chi connectivity index (χ4n) is 1.07. The van der Waals surface area contributed by atoms with Crippen molar-refractivity contribution in [3.8, 4) is 0 Å². The minimum Gasteiger partial charge on any atom is -0.387 e. The summed E-state index contributed by atoms with van der Waals surface area (Å²) in [6.45, 7) is 1.92. The van der Waals surface area contributed by atoms with Crippen LogP contribution in [0.5, 0.6) is 0 Å². The summed E-state index contributed by atoms with van der Waals surface area (Å²) in [5.41, 5.74) is 0.981. The maximum Gasteiger partial charge on any atom is 0.197 e. The summed E-state index contributed by atoms with van der Waals surface area (Å²) in [6.07, 6.45) is 0.396. The fraction of sp³-hybridized carbons (Fsp3) is 0.857. The molecule has 0 radical (unpaired) electrons. The van der Waals surface area contributed by atoms with Crippen LogP contribution in [0.25, 0.3) is 0 Å². The monoisotopic (exact) mass is 159 g/mol. The number of nitrogens with zero attached hydrogens (tertiary/aromatic N) is 1. The highest BCUT2D eigenvalue weighted by Crippen LogP contribution is 2.15. The van der Waals surface area contributed by atoms with Crippen LogP contribution in [0.15, 0.2) is 5.16 Å². The molecule has 0 aromatic heterocycles. The maximum atomic E-state index is 5.05. The third-order valence-electron chi connectivity index (χ3n) is 1.61. The Kier molecular flexibility index (Phi) is 2.84. The van der Waals surface area contributed by atoms with E-state index in [4.69, 9.17) is 14.3 Å². The van der Waals surface area contributed by atoms with Crippen molar-refractivity contribution >= 4 is 5.71 Å². The highest BCUT2D eigenvalue weighted by molar-refractivity contribution is 5.82.